The second-order valence-electron chi connectivity index (χ2n) is 3.57. The minimum Gasteiger partial charge on any atom is -0.399 e. The van der Waals surface area contributed by atoms with Crippen molar-refractivity contribution in [3.63, 3.8) is 0 Å². The van der Waals surface area contributed by atoms with Crippen molar-refractivity contribution < 1.29 is 4.39 Å². The number of rotatable bonds is 5. The smallest absolute Gasteiger partial charge is 0.148 e. The van der Waals surface area contributed by atoms with Gasteiger partial charge in [-0.25, -0.2) is 4.39 Å². The van der Waals surface area contributed by atoms with Crippen LogP contribution in [0.3, 0.4) is 0 Å². The number of halogens is 1. The molecular formula is C11H17FN2S. The Morgan fingerprint density at radius 1 is 1.53 bits per heavy atom. The number of thioether (sulfide) groups is 1. The Bertz CT molecular complexity index is 317. The zero-order valence-corrected chi connectivity index (χ0v) is 9.90. The second kappa shape index (κ2) is 5.85. The lowest BCUT2D eigenvalue weighted by Gasteiger charge is -2.15. The van der Waals surface area contributed by atoms with Gasteiger partial charge in [0.05, 0.1) is 5.69 Å². The molecule has 0 saturated heterocycles. The lowest BCUT2D eigenvalue weighted by molar-refractivity contribution is 0.626. The van der Waals surface area contributed by atoms with E-state index in [1.807, 2.05) is 6.92 Å². The van der Waals surface area contributed by atoms with Crippen molar-refractivity contribution in [1.82, 2.24) is 0 Å². The molecule has 1 unspecified atom stereocenters. The summed E-state index contributed by atoms with van der Waals surface area (Å²) < 4.78 is 13.4. The van der Waals surface area contributed by atoms with Crippen molar-refractivity contribution in [2.75, 3.05) is 23.1 Å². The molecule has 3 N–H and O–H groups in total. The number of hydrogen-bond acceptors (Lipinski definition) is 3. The van der Waals surface area contributed by atoms with Crippen LogP contribution in [0.25, 0.3) is 0 Å². The maximum absolute atomic E-state index is 13.4. The van der Waals surface area contributed by atoms with Crippen molar-refractivity contribution in [3.05, 3.63) is 24.0 Å². The number of benzene rings is 1. The molecule has 0 aliphatic carbocycles. The van der Waals surface area contributed by atoms with Crippen LogP contribution in [-0.2, 0) is 0 Å². The highest BCUT2D eigenvalue weighted by molar-refractivity contribution is 7.98. The Morgan fingerprint density at radius 2 is 2.27 bits per heavy atom. The summed E-state index contributed by atoms with van der Waals surface area (Å²) in [5.41, 5.74) is 6.45. The molecule has 0 spiro atoms. The van der Waals surface area contributed by atoms with Gasteiger partial charge in [0.1, 0.15) is 5.82 Å². The molecule has 0 aliphatic rings. The minimum atomic E-state index is -0.286. The maximum Gasteiger partial charge on any atom is 0.148 e. The van der Waals surface area contributed by atoms with Gasteiger partial charge in [-0.15, -0.1) is 0 Å². The molecule has 0 heterocycles. The average molecular weight is 228 g/mol. The molecule has 0 bridgehead atoms. The number of hydrogen-bond donors (Lipinski definition) is 2. The molecule has 2 nitrogen and oxygen atoms in total. The van der Waals surface area contributed by atoms with E-state index >= 15 is 0 Å². The van der Waals surface area contributed by atoms with Crippen LogP contribution >= 0.6 is 11.8 Å². The summed E-state index contributed by atoms with van der Waals surface area (Å²) in [6.07, 6.45) is 3.08. The van der Waals surface area contributed by atoms with Gasteiger partial charge in [-0.05, 0) is 43.6 Å². The highest BCUT2D eigenvalue weighted by atomic mass is 32.2. The van der Waals surface area contributed by atoms with Gasteiger partial charge in [-0.1, -0.05) is 0 Å². The van der Waals surface area contributed by atoms with E-state index in [-0.39, 0.29) is 11.9 Å². The van der Waals surface area contributed by atoms with E-state index in [9.17, 15) is 4.39 Å². The predicted molar refractivity (Wildman–Crippen MR) is 66.9 cm³/mol. The summed E-state index contributed by atoms with van der Waals surface area (Å²) in [7, 11) is 0. The third kappa shape index (κ3) is 4.00. The molecule has 1 atom stereocenters. The Balaban J connectivity index is 2.56. The molecule has 1 aromatic carbocycles. The van der Waals surface area contributed by atoms with Crippen molar-refractivity contribution in [1.29, 1.82) is 0 Å². The van der Waals surface area contributed by atoms with Crippen LogP contribution in [0.2, 0.25) is 0 Å². The number of nitrogens with one attached hydrogen (secondary N) is 1. The predicted octanol–water partition coefficient (Wildman–Crippen LogP) is 2.96. The van der Waals surface area contributed by atoms with Gasteiger partial charge in [0.2, 0.25) is 0 Å². The first-order valence-corrected chi connectivity index (χ1v) is 6.33. The quantitative estimate of drug-likeness (QED) is 0.761. The molecular weight excluding hydrogens is 211 g/mol. The molecule has 84 valence electrons. The Hall–Kier alpha value is -0.900. The summed E-state index contributed by atoms with van der Waals surface area (Å²) in [5.74, 6) is 0.788. The van der Waals surface area contributed by atoms with E-state index in [2.05, 4.69) is 11.6 Å². The molecule has 4 heteroatoms. The summed E-state index contributed by atoms with van der Waals surface area (Å²) in [6, 6.07) is 4.99. The van der Waals surface area contributed by atoms with Crippen molar-refractivity contribution in [3.8, 4) is 0 Å². The fourth-order valence-electron chi connectivity index (χ4n) is 1.28. The van der Waals surface area contributed by atoms with Gasteiger partial charge in [0, 0.05) is 11.7 Å². The highest BCUT2D eigenvalue weighted by Gasteiger charge is 2.06. The summed E-state index contributed by atoms with van der Waals surface area (Å²) in [4.78, 5) is 0. The zero-order valence-electron chi connectivity index (χ0n) is 9.09. The van der Waals surface area contributed by atoms with Crippen LogP contribution in [0.1, 0.15) is 13.3 Å². The molecule has 0 saturated carbocycles. The van der Waals surface area contributed by atoms with E-state index in [0.29, 0.717) is 11.4 Å². The number of nitrogen functional groups attached to an aromatic ring is 1. The number of anilines is 2. The van der Waals surface area contributed by atoms with E-state index in [1.54, 1.807) is 23.9 Å². The van der Waals surface area contributed by atoms with Gasteiger partial charge in [0.25, 0.3) is 0 Å². The third-order valence-corrected chi connectivity index (χ3v) is 2.79. The molecule has 0 fully saturated rings. The first kappa shape index (κ1) is 12.2. The highest BCUT2D eigenvalue weighted by Crippen LogP contribution is 2.18. The third-order valence-electron chi connectivity index (χ3n) is 2.15. The molecule has 1 rings (SSSR count). The molecule has 0 radical (unpaired) electrons. The maximum atomic E-state index is 13.4. The van der Waals surface area contributed by atoms with Crippen molar-refractivity contribution in [2.24, 2.45) is 0 Å². The molecule has 0 aliphatic heterocycles. The van der Waals surface area contributed by atoms with Gasteiger partial charge in [-0.2, -0.15) is 11.8 Å². The van der Waals surface area contributed by atoms with E-state index in [0.717, 1.165) is 12.2 Å². The first-order chi connectivity index (χ1) is 7.13. The zero-order chi connectivity index (χ0) is 11.3. The standard InChI is InChI=1S/C11H17FN2S/c1-8(5-6-15-2)14-11-4-3-9(13)7-10(11)12/h3-4,7-8,14H,5-6,13H2,1-2H3. The summed E-state index contributed by atoms with van der Waals surface area (Å²) in [6.45, 7) is 2.05. The van der Waals surface area contributed by atoms with Crippen LogP contribution < -0.4 is 11.1 Å². The van der Waals surface area contributed by atoms with Crippen LogP contribution in [0.5, 0.6) is 0 Å². The molecule has 0 aromatic heterocycles. The minimum absolute atomic E-state index is 0.274. The van der Waals surface area contributed by atoms with E-state index < -0.39 is 0 Å². The first-order valence-electron chi connectivity index (χ1n) is 4.94. The normalized spacial score (nSPS) is 12.5. The molecule has 0 amide bonds. The average Bonchev–Trinajstić information content (AvgIpc) is 2.19. The second-order valence-corrected chi connectivity index (χ2v) is 4.55. The van der Waals surface area contributed by atoms with Crippen LogP contribution in [-0.4, -0.2) is 18.1 Å². The van der Waals surface area contributed by atoms with Crippen LogP contribution in [0.15, 0.2) is 18.2 Å². The lowest BCUT2D eigenvalue weighted by atomic mass is 10.2. The van der Waals surface area contributed by atoms with E-state index in [4.69, 9.17) is 5.73 Å². The van der Waals surface area contributed by atoms with Crippen LogP contribution in [0.4, 0.5) is 15.8 Å². The Labute approximate surface area is 94.4 Å². The van der Waals surface area contributed by atoms with Crippen molar-refractivity contribution >= 4 is 23.1 Å². The Morgan fingerprint density at radius 3 is 2.87 bits per heavy atom. The molecule has 1 aromatic rings. The topological polar surface area (TPSA) is 38.0 Å². The largest absolute Gasteiger partial charge is 0.399 e. The Kier molecular flexibility index (Phi) is 4.75. The summed E-state index contributed by atoms with van der Waals surface area (Å²) in [5, 5.41) is 3.13. The van der Waals surface area contributed by atoms with E-state index in [1.165, 1.54) is 6.07 Å². The van der Waals surface area contributed by atoms with Crippen LogP contribution in [0, 0.1) is 5.82 Å². The fraction of sp³-hybridized carbons (Fsp3) is 0.455. The van der Waals surface area contributed by atoms with Gasteiger partial charge >= 0.3 is 0 Å². The monoisotopic (exact) mass is 228 g/mol. The van der Waals surface area contributed by atoms with Gasteiger partial charge < -0.3 is 11.1 Å². The lowest BCUT2D eigenvalue weighted by Crippen LogP contribution is -2.16. The van der Waals surface area contributed by atoms with Gasteiger partial charge in [0.15, 0.2) is 0 Å². The van der Waals surface area contributed by atoms with Gasteiger partial charge in [-0.3, -0.25) is 0 Å². The summed E-state index contributed by atoms with van der Waals surface area (Å²) >= 11 is 1.79. The SMILES string of the molecule is CSCCC(C)Nc1ccc(N)cc1F. The number of nitrogens with two attached hydrogens (primary N) is 1. The fourth-order valence-corrected chi connectivity index (χ4v) is 1.87. The van der Waals surface area contributed by atoms with Crippen molar-refractivity contribution in [2.45, 2.75) is 19.4 Å². The molecule has 15 heavy (non-hydrogen) atoms.